The molecule has 0 heterocycles. The van der Waals surface area contributed by atoms with Gasteiger partial charge in [-0.2, -0.15) is 0 Å². The van der Waals surface area contributed by atoms with E-state index in [1.165, 1.54) is 5.56 Å². The van der Waals surface area contributed by atoms with Gasteiger partial charge in [0.1, 0.15) is 0 Å². The molecule has 0 saturated heterocycles. The van der Waals surface area contributed by atoms with Gasteiger partial charge in [0.2, 0.25) is 0 Å². The van der Waals surface area contributed by atoms with Gasteiger partial charge in [-0.3, -0.25) is 5.48 Å². The Morgan fingerprint density at radius 3 is 1.60 bits per heavy atom. The van der Waals surface area contributed by atoms with Gasteiger partial charge in [-0.15, -0.1) is 0 Å². The lowest BCUT2D eigenvalue weighted by Gasteiger charge is -1.82. The second-order valence-electron chi connectivity index (χ2n) is 1.65. The van der Waals surface area contributed by atoms with Gasteiger partial charge in [0.15, 0.2) is 0 Å². The number of aryl methyl sites for hydroxylation is 1. The molecule has 1 nitrogen and oxygen atoms in total. The smallest absolute Gasteiger partial charge is 0 e. The highest BCUT2D eigenvalue weighted by molar-refractivity contribution is 5.11. The summed E-state index contributed by atoms with van der Waals surface area (Å²) in [5.41, 5.74) is 1.32. The monoisotopic (exact) mass is 141 g/mol. The number of benzene rings is 1. The zero-order valence-corrected chi connectivity index (χ0v) is 6.83. The SMILES string of the molecule is CC.Cc1ccccc1.[HH].[OH]. The van der Waals surface area contributed by atoms with Gasteiger partial charge >= 0.3 is 0 Å². The van der Waals surface area contributed by atoms with E-state index in [1.54, 1.807) is 0 Å². The van der Waals surface area contributed by atoms with E-state index in [-0.39, 0.29) is 6.90 Å². The normalized spacial score (nSPS) is 6.70. The predicted molar refractivity (Wildman–Crippen MR) is 46.6 cm³/mol. The molecule has 0 saturated carbocycles. The van der Waals surface area contributed by atoms with Crippen molar-refractivity contribution in [1.82, 2.24) is 0 Å². The Hall–Kier alpha value is -0.820. The lowest BCUT2D eigenvalue weighted by molar-refractivity contribution is 0.824. The molecule has 10 heavy (non-hydrogen) atoms. The van der Waals surface area contributed by atoms with Crippen LogP contribution in [0.25, 0.3) is 0 Å². The third-order valence-electron chi connectivity index (χ3n) is 0.940. The molecule has 0 fully saturated rings. The Morgan fingerprint density at radius 2 is 1.40 bits per heavy atom. The summed E-state index contributed by atoms with van der Waals surface area (Å²) >= 11 is 0. The first-order valence-electron chi connectivity index (χ1n) is 3.41. The molecule has 0 aromatic heterocycles. The third-order valence-corrected chi connectivity index (χ3v) is 0.940. The molecule has 1 radical (unpaired) electrons. The quantitative estimate of drug-likeness (QED) is 0.575. The summed E-state index contributed by atoms with van der Waals surface area (Å²) in [5, 5.41) is 0. The summed E-state index contributed by atoms with van der Waals surface area (Å²) in [5.74, 6) is 0. The van der Waals surface area contributed by atoms with Crippen LogP contribution in [-0.4, -0.2) is 5.48 Å². The van der Waals surface area contributed by atoms with Gasteiger partial charge in [-0.1, -0.05) is 49.7 Å². The van der Waals surface area contributed by atoms with Gasteiger partial charge in [0.05, 0.1) is 0 Å². The van der Waals surface area contributed by atoms with E-state index in [4.69, 9.17) is 0 Å². The van der Waals surface area contributed by atoms with Crippen molar-refractivity contribution in [2.45, 2.75) is 20.8 Å². The molecule has 1 N–H and O–H groups in total. The maximum Gasteiger partial charge on any atom is 0 e. The molecule has 0 amide bonds. The van der Waals surface area contributed by atoms with Crippen molar-refractivity contribution in [3.8, 4) is 0 Å². The van der Waals surface area contributed by atoms with Crippen LogP contribution in [0.15, 0.2) is 30.3 Å². The number of hydrogen-bond donors (Lipinski definition) is 1. The van der Waals surface area contributed by atoms with Gasteiger partial charge in [-0.05, 0) is 6.92 Å². The molecule has 0 bridgehead atoms. The summed E-state index contributed by atoms with van der Waals surface area (Å²) in [6.07, 6.45) is 0. The van der Waals surface area contributed by atoms with E-state index in [2.05, 4.69) is 19.1 Å². The third kappa shape index (κ3) is 5.32. The highest BCUT2D eigenvalue weighted by Gasteiger charge is 1.72. The van der Waals surface area contributed by atoms with Crippen molar-refractivity contribution >= 4 is 0 Å². The van der Waals surface area contributed by atoms with Gasteiger partial charge < -0.3 is 0 Å². The second-order valence-corrected chi connectivity index (χ2v) is 1.65. The maximum absolute atomic E-state index is 2.08. The lowest BCUT2D eigenvalue weighted by Crippen LogP contribution is -1.62. The summed E-state index contributed by atoms with van der Waals surface area (Å²) in [6.45, 7) is 6.08. The molecule has 0 aliphatic heterocycles. The van der Waals surface area contributed by atoms with Crippen molar-refractivity contribution in [3.05, 3.63) is 35.9 Å². The van der Waals surface area contributed by atoms with Crippen LogP contribution in [0, 0.1) is 6.92 Å². The fourth-order valence-corrected chi connectivity index (χ4v) is 0.534. The fraction of sp³-hybridized carbons (Fsp3) is 0.333. The van der Waals surface area contributed by atoms with Crippen LogP contribution < -0.4 is 0 Å². The first-order valence-corrected chi connectivity index (χ1v) is 3.41. The molecule has 59 valence electrons. The lowest BCUT2D eigenvalue weighted by atomic mass is 10.2. The van der Waals surface area contributed by atoms with Gasteiger partial charge in [-0.25, -0.2) is 0 Å². The molecule has 1 rings (SSSR count). The highest BCUT2D eigenvalue weighted by Crippen LogP contribution is 1.92. The van der Waals surface area contributed by atoms with Crippen LogP contribution in [0.4, 0.5) is 0 Å². The molecule has 0 aliphatic carbocycles. The van der Waals surface area contributed by atoms with Crippen molar-refractivity contribution in [2.24, 2.45) is 0 Å². The van der Waals surface area contributed by atoms with Crippen molar-refractivity contribution in [3.63, 3.8) is 0 Å². The fourth-order valence-electron chi connectivity index (χ4n) is 0.534. The van der Waals surface area contributed by atoms with Crippen molar-refractivity contribution in [1.29, 1.82) is 0 Å². The average Bonchev–Trinajstić information content (AvgIpc) is 1.94. The molecule has 0 atom stereocenters. The summed E-state index contributed by atoms with van der Waals surface area (Å²) in [7, 11) is 0. The van der Waals surface area contributed by atoms with E-state index in [0.717, 1.165) is 0 Å². The molecular formula is C9H17O. The largest absolute Gasteiger partial charge is 0.255 e. The van der Waals surface area contributed by atoms with Crippen LogP contribution in [-0.2, 0) is 0 Å². The zero-order chi connectivity index (χ0) is 7.11. The number of rotatable bonds is 0. The predicted octanol–water partition coefficient (Wildman–Crippen LogP) is 3.09. The Balaban J connectivity index is -0.000000149. The van der Waals surface area contributed by atoms with E-state index >= 15 is 0 Å². The van der Waals surface area contributed by atoms with E-state index < -0.39 is 0 Å². The topological polar surface area (TPSA) is 30.0 Å². The molecule has 1 aromatic rings. The van der Waals surface area contributed by atoms with Crippen LogP contribution in [0.5, 0.6) is 0 Å². The van der Waals surface area contributed by atoms with Crippen LogP contribution >= 0.6 is 0 Å². The minimum absolute atomic E-state index is 0. The molecular weight excluding hydrogens is 124 g/mol. The first-order chi connectivity index (χ1) is 4.39. The van der Waals surface area contributed by atoms with Crippen molar-refractivity contribution in [2.75, 3.05) is 0 Å². The molecule has 0 spiro atoms. The van der Waals surface area contributed by atoms with Crippen LogP contribution in [0.2, 0.25) is 0 Å². The standard InChI is InChI=1S/C7H8.C2H6.HO.H2/c1-7-5-3-2-4-6-7;1-2;;/h2-6H,1H3;1-2H3;2*1H. The average molecular weight is 141 g/mol. The van der Waals surface area contributed by atoms with E-state index in [0.29, 0.717) is 0 Å². The van der Waals surface area contributed by atoms with Gasteiger partial charge in [0, 0.05) is 1.43 Å². The van der Waals surface area contributed by atoms with E-state index in [9.17, 15) is 0 Å². The van der Waals surface area contributed by atoms with Crippen molar-refractivity contribution < 1.29 is 6.90 Å². The van der Waals surface area contributed by atoms with Crippen LogP contribution in [0.1, 0.15) is 20.8 Å². The van der Waals surface area contributed by atoms with Gasteiger partial charge in [0.25, 0.3) is 0 Å². The molecule has 0 unspecified atom stereocenters. The van der Waals surface area contributed by atoms with Crippen LogP contribution in [0.3, 0.4) is 0 Å². The first kappa shape index (κ1) is 11.9. The Morgan fingerprint density at radius 1 is 1.00 bits per heavy atom. The molecule has 1 heteroatoms. The molecule has 1 aromatic carbocycles. The Kier molecular flexibility index (Phi) is 9.75. The summed E-state index contributed by atoms with van der Waals surface area (Å²) in [6, 6.07) is 10.3. The number of hydrogen-bond acceptors (Lipinski definition) is 0. The molecule has 0 aliphatic rings. The zero-order valence-electron chi connectivity index (χ0n) is 6.83. The maximum atomic E-state index is 2.08. The second kappa shape index (κ2) is 8.18. The minimum atomic E-state index is 0. The summed E-state index contributed by atoms with van der Waals surface area (Å²) in [4.78, 5) is 0. The Labute approximate surface area is 64.5 Å². The van der Waals surface area contributed by atoms with E-state index in [1.807, 2.05) is 32.0 Å². The highest BCUT2D eigenvalue weighted by atomic mass is 16.0. The Bertz CT molecular complexity index is 139. The summed E-state index contributed by atoms with van der Waals surface area (Å²) < 4.78 is 0. The minimum Gasteiger partial charge on any atom is -0.255 e.